The maximum absolute atomic E-state index is 12.0. The molecule has 5 nitrogen and oxygen atoms in total. The minimum absolute atomic E-state index is 0.143. The van der Waals surface area contributed by atoms with Gasteiger partial charge in [0.05, 0.1) is 5.69 Å². The third-order valence-electron chi connectivity index (χ3n) is 4.38. The SMILES string of the molecule is Cc1nn(CC(C)C)c(C)c1CCC(=O)NCC1CCCN1. The first-order valence-corrected chi connectivity index (χ1v) is 8.50. The normalized spacial score (nSPS) is 18.1. The van der Waals surface area contributed by atoms with Crippen LogP contribution in [0.25, 0.3) is 0 Å². The Labute approximate surface area is 133 Å². The van der Waals surface area contributed by atoms with Gasteiger partial charge in [-0.25, -0.2) is 0 Å². The number of hydrogen-bond donors (Lipinski definition) is 2. The molecular formula is C17H30N4O. The zero-order valence-electron chi connectivity index (χ0n) is 14.4. The Morgan fingerprint density at radius 2 is 2.23 bits per heavy atom. The number of aryl methyl sites for hydroxylation is 1. The summed E-state index contributed by atoms with van der Waals surface area (Å²) in [6, 6.07) is 0.459. The number of rotatable bonds is 7. The Bertz CT molecular complexity index is 501. The third kappa shape index (κ3) is 4.57. The molecule has 124 valence electrons. The number of carbonyl (C=O) groups excluding carboxylic acids is 1. The van der Waals surface area contributed by atoms with Crippen LogP contribution in [0.5, 0.6) is 0 Å². The van der Waals surface area contributed by atoms with Crippen molar-refractivity contribution in [2.24, 2.45) is 5.92 Å². The first-order chi connectivity index (χ1) is 10.5. The summed E-state index contributed by atoms with van der Waals surface area (Å²) in [4.78, 5) is 12.0. The summed E-state index contributed by atoms with van der Waals surface area (Å²) in [5.41, 5.74) is 3.50. The molecule has 1 saturated heterocycles. The highest BCUT2D eigenvalue weighted by Crippen LogP contribution is 2.16. The van der Waals surface area contributed by atoms with E-state index in [1.54, 1.807) is 0 Å². The van der Waals surface area contributed by atoms with E-state index in [4.69, 9.17) is 0 Å². The molecule has 0 spiro atoms. The second-order valence-corrected chi connectivity index (χ2v) is 6.82. The fraction of sp³-hybridized carbons (Fsp3) is 0.765. The highest BCUT2D eigenvalue weighted by Gasteiger charge is 2.16. The predicted molar refractivity (Wildman–Crippen MR) is 88.9 cm³/mol. The van der Waals surface area contributed by atoms with E-state index < -0.39 is 0 Å². The van der Waals surface area contributed by atoms with Gasteiger partial charge in [-0.05, 0) is 51.1 Å². The van der Waals surface area contributed by atoms with Crippen LogP contribution in [-0.4, -0.2) is 34.8 Å². The highest BCUT2D eigenvalue weighted by atomic mass is 16.1. The van der Waals surface area contributed by atoms with Gasteiger partial charge in [0.15, 0.2) is 0 Å². The Hall–Kier alpha value is -1.36. The summed E-state index contributed by atoms with van der Waals surface area (Å²) >= 11 is 0. The van der Waals surface area contributed by atoms with Gasteiger partial charge in [0.2, 0.25) is 5.91 Å². The maximum atomic E-state index is 12.0. The standard InChI is InChI=1S/C17H30N4O/c1-12(2)11-21-14(4)16(13(3)20-21)7-8-17(22)19-10-15-6-5-9-18-15/h12,15,18H,5-11H2,1-4H3,(H,19,22). The molecule has 0 aromatic carbocycles. The molecule has 0 radical (unpaired) electrons. The molecule has 2 heterocycles. The fourth-order valence-corrected chi connectivity index (χ4v) is 3.11. The van der Waals surface area contributed by atoms with Crippen molar-refractivity contribution in [2.45, 2.75) is 66.0 Å². The van der Waals surface area contributed by atoms with Gasteiger partial charge < -0.3 is 10.6 Å². The molecule has 0 aliphatic carbocycles. The molecule has 5 heteroatoms. The van der Waals surface area contributed by atoms with E-state index in [1.807, 2.05) is 6.92 Å². The summed E-state index contributed by atoms with van der Waals surface area (Å²) in [6.45, 7) is 11.3. The quantitative estimate of drug-likeness (QED) is 0.809. The van der Waals surface area contributed by atoms with Crippen LogP contribution in [0, 0.1) is 19.8 Å². The minimum atomic E-state index is 0.143. The van der Waals surface area contributed by atoms with Gasteiger partial charge in [-0.1, -0.05) is 13.8 Å². The zero-order valence-corrected chi connectivity index (χ0v) is 14.4. The largest absolute Gasteiger partial charge is 0.355 e. The van der Waals surface area contributed by atoms with Crippen molar-refractivity contribution < 1.29 is 4.79 Å². The number of carbonyl (C=O) groups is 1. The summed E-state index contributed by atoms with van der Waals surface area (Å²) < 4.78 is 2.08. The Morgan fingerprint density at radius 3 is 2.86 bits per heavy atom. The summed E-state index contributed by atoms with van der Waals surface area (Å²) in [5, 5.41) is 11.1. The molecule has 2 rings (SSSR count). The molecule has 1 amide bonds. The summed E-state index contributed by atoms with van der Waals surface area (Å²) in [7, 11) is 0. The number of aromatic nitrogens is 2. The molecule has 1 unspecified atom stereocenters. The van der Waals surface area contributed by atoms with Crippen molar-refractivity contribution in [2.75, 3.05) is 13.1 Å². The van der Waals surface area contributed by atoms with Crippen molar-refractivity contribution in [3.63, 3.8) is 0 Å². The van der Waals surface area contributed by atoms with Gasteiger partial charge in [0, 0.05) is 31.2 Å². The molecule has 1 aromatic rings. The van der Waals surface area contributed by atoms with E-state index in [-0.39, 0.29) is 5.91 Å². The monoisotopic (exact) mass is 306 g/mol. The van der Waals surface area contributed by atoms with E-state index in [0.29, 0.717) is 18.4 Å². The van der Waals surface area contributed by atoms with E-state index in [9.17, 15) is 4.79 Å². The number of nitrogens with zero attached hydrogens (tertiary/aromatic N) is 2. The highest BCUT2D eigenvalue weighted by molar-refractivity contribution is 5.76. The third-order valence-corrected chi connectivity index (χ3v) is 4.38. The van der Waals surface area contributed by atoms with Crippen LogP contribution in [0.3, 0.4) is 0 Å². The van der Waals surface area contributed by atoms with Crippen LogP contribution in [-0.2, 0) is 17.8 Å². The van der Waals surface area contributed by atoms with Crippen LogP contribution in [0.15, 0.2) is 0 Å². The molecule has 1 fully saturated rings. The second kappa shape index (κ2) is 7.77. The molecule has 1 aromatic heterocycles. The molecule has 0 bridgehead atoms. The molecule has 1 aliphatic rings. The van der Waals surface area contributed by atoms with E-state index in [2.05, 4.69) is 41.2 Å². The van der Waals surface area contributed by atoms with Gasteiger partial charge in [-0.2, -0.15) is 5.10 Å². The first kappa shape index (κ1) is 17.0. The second-order valence-electron chi connectivity index (χ2n) is 6.82. The van der Waals surface area contributed by atoms with E-state index >= 15 is 0 Å². The minimum Gasteiger partial charge on any atom is -0.355 e. The van der Waals surface area contributed by atoms with Gasteiger partial charge in [-0.15, -0.1) is 0 Å². The Kier molecular flexibility index (Phi) is 6.00. The van der Waals surface area contributed by atoms with Crippen molar-refractivity contribution in [1.29, 1.82) is 0 Å². The maximum Gasteiger partial charge on any atom is 0.220 e. The molecule has 2 N–H and O–H groups in total. The Morgan fingerprint density at radius 1 is 1.45 bits per heavy atom. The van der Waals surface area contributed by atoms with Gasteiger partial charge in [0.25, 0.3) is 0 Å². The van der Waals surface area contributed by atoms with E-state index in [1.165, 1.54) is 24.1 Å². The number of amides is 1. The lowest BCUT2D eigenvalue weighted by Crippen LogP contribution is -2.37. The number of nitrogens with one attached hydrogen (secondary N) is 2. The van der Waals surface area contributed by atoms with Crippen molar-refractivity contribution in [3.8, 4) is 0 Å². The molecule has 1 aliphatic heterocycles. The molecule has 0 saturated carbocycles. The van der Waals surface area contributed by atoms with Crippen LogP contribution in [0.1, 0.15) is 50.1 Å². The summed E-state index contributed by atoms with van der Waals surface area (Å²) in [6.07, 6.45) is 3.70. The first-order valence-electron chi connectivity index (χ1n) is 8.50. The lowest BCUT2D eigenvalue weighted by atomic mass is 10.1. The molecular weight excluding hydrogens is 276 g/mol. The molecule has 22 heavy (non-hydrogen) atoms. The molecule has 1 atom stereocenters. The average Bonchev–Trinajstić information content (AvgIpc) is 3.04. The van der Waals surface area contributed by atoms with Gasteiger partial charge >= 0.3 is 0 Å². The fourth-order valence-electron chi connectivity index (χ4n) is 3.11. The smallest absolute Gasteiger partial charge is 0.220 e. The van der Waals surface area contributed by atoms with Gasteiger partial charge in [0.1, 0.15) is 0 Å². The lowest BCUT2D eigenvalue weighted by Gasteiger charge is -2.11. The topological polar surface area (TPSA) is 59.0 Å². The van der Waals surface area contributed by atoms with Crippen molar-refractivity contribution in [1.82, 2.24) is 20.4 Å². The van der Waals surface area contributed by atoms with Crippen LogP contribution in [0.4, 0.5) is 0 Å². The predicted octanol–water partition coefficient (Wildman–Crippen LogP) is 1.96. The summed E-state index contributed by atoms with van der Waals surface area (Å²) in [5.74, 6) is 0.720. The van der Waals surface area contributed by atoms with Crippen LogP contribution >= 0.6 is 0 Å². The van der Waals surface area contributed by atoms with Crippen LogP contribution < -0.4 is 10.6 Å². The lowest BCUT2D eigenvalue weighted by molar-refractivity contribution is -0.121. The Balaban J connectivity index is 1.82. The number of hydrogen-bond acceptors (Lipinski definition) is 3. The van der Waals surface area contributed by atoms with E-state index in [0.717, 1.165) is 31.7 Å². The van der Waals surface area contributed by atoms with Crippen LogP contribution in [0.2, 0.25) is 0 Å². The van der Waals surface area contributed by atoms with Gasteiger partial charge in [-0.3, -0.25) is 9.48 Å². The van der Waals surface area contributed by atoms with Crippen molar-refractivity contribution >= 4 is 5.91 Å². The zero-order chi connectivity index (χ0) is 16.1. The average molecular weight is 306 g/mol. The van der Waals surface area contributed by atoms with Crippen molar-refractivity contribution in [3.05, 3.63) is 17.0 Å².